The number of fused-ring (bicyclic) bond motifs is 5. The summed E-state index contributed by atoms with van der Waals surface area (Å²) in [5.74, 6) is 3.03. The van der Waals surface area contributed by atoms with Gasteiger partial charge in [-0.05, 0) is 49.4 Å². The lowest BCUT2D eigenvalue weighted by molar-refractivity contribution is 0.137. The molecule has 0 unspecified atom stereocenters. The molecule has 0 aliphatic heterocycles. The Morgan fingerprint density at radius 1 is 1.20 bits per heavy atom. The van der Waals surface area contributed by atoms with Gasteiger partial charge >= 0.3 is 0 Å². The number of hydrogen-bond acceptors (Lipinski definition) is 2. The van der Waals surface area contributed by atoms with Gasteiger partial charge in [0, 0.05) is 0 Å². The Balaban J connectivity index is 1.92. The molecule has 2 bridgehead atoms. The Bertz CT molecular complexity index is 362. The first kappa shape index (κ1) is 9.22. The van der Waals surface area contributed by atoms with Crippen LogP contribution in [-0.2, 0) is 0 Å². The largest absolute Gasteiger partial charge is 0.198 e. The Hall–Kier alpha value is -1.02. The minimum absolute atomic E-state index is 0.259. The van der Waals surface area contributed by atoms with E-state index in [0.29, 0.717) is 12.3 Å². The Morgan fingerprint density at radius 3 is 2.73 bits per heavy atom. The van der Waals surface area contributed by atoms with E-state index in [2.05, 4.69) is 12.1 Å². The van der Waals surface area contributed by atoms with Crippen molar-refractivity contribution in [1.82, 2.24) is 0 Å². The third kappa shape index (κ3) is 1.03. The van der Waals surface area contributed by atoms with Crippen LogP contribution in [-0.4, -0.2) is 0 Å². The van der Waals surface area contributed by atoms with Crippen LogP contribution in [0, 0.1) is 51.7 Å². The highest BCUT2D eigenvalue weighted by atomic mass is 14.6. The van der Waals surface area contributed by atoms with E-state index in [0.717, 1.165) is 24.2 Å². The van der Waals surface area contributed by atoms with Crippen molar-refractivity contribution in [3.8, 4) is 12.1 Å². The monoisotopic (exact) mass is 200 g/mol. The van der Waals surface area contributed by atoms with E-state index >= 15 is 0 Å². The van der Waals surface area contributed by atoms with Crippen LogP contribution in [0.5, 0.6) is 0 Å². The fraction of sp³-hybridized carbons (Fsp3) is 0.846. The van der Waals surface area contributed by atoms with Crippen LogP contribution in [0.4, 0.5) is 0 Å². The van der Waals surface area contributed by atoms with E-state index in [-0.39, 0.29) is 5.41 Å². The lowest BCUT2D eigenvalue weighted by Crippen LogP contribution is -2.34. The molecule has 3 saturated carbocycles. The summed E-state index contributed by atoms with van der Waals surface area (Å²) in [6, 6.07) is 4.74. The van der Waals surface area contributed by atoms with E-state index in [4.69, 9.17) is 5.26 Å². The summed E-state index contributed by atoms with van der Waals surface area (Å²) in [7, 11) is 0. The third-order valence-electron chi connectivity index (χ3n) is 5.26. The van der Waals surface area contributed by atoms with Crippen molar-refractivity contribution in [1.29, 1.82) is 10.5 Å². The molecule has 2 heteroatoms. The van der Waals surface area contributed by atoms with Gasteiger partial charge in [0.2, 0.25) is 0 Å². The summed E-state index contributed by atoms with van der Waals surface area (Å²) < 4.78 is 0. The number of nitriles is 2. The van der Waals surface area contributed by atoms with Gasteiger partial charge in [-0.2, -0.15) is 10.5 Å². The highest BCUT2D eigenvalue weighted by Gasteiger charge is 2.61. The van der Waals surface area contributed by atoms with E-state index in [9.17, 15) is 5.26 Å². The lowest BCUT2D eigenvalue weighted by atomic mass is 9.65. The fourth-order valence-corrected chi connectivity index (χ4v) is 4.78. The topological polar surface area (TPSA) is 47.6 Å². The molecule has 5 atom stereocenters. The number of rotatable bonds is 1. The minimum Gasteiger partial charge on any atom is -0.198 e. The lowest BCUT2D eigenvalue weighted by Gasteiger charge is -2.36. The van der Waals surface area contributed by atoms with Gasteiger partial charge < -0.3 is 0 Å². The van der Waals surface area contributed by atoms with Crippen LogP contribution in [0.2, 0.25) is 0 Å². The number of nitrogens with zero attached hydrogens (tertiary/aromatic N) is 2. The van der Waals surface area contributed by atoms with Gasteiger partial charge in [0.1, 0.15) is 0 Å². The van der Waals surface area contributed by atoms with Gasteiger partial charge in [-0.25, -0.2) is 0 Å². The van der Waals surface area contributed by atoms with Gasteiger partial charge in [-0.1, -0.05) is 6.42 Å². The van der Waals surface area contributed by atoms with Gasteiger partial charge in [0.25, 0.3) is 0 Å². The second kappa shape index (κ2) is 2.99. The zero-order valence-electron chi connectivity index (χ0n) is 8.95. The predicted octanol–water partition coefficient (Wildman–Crippen LogP) is 2.87. The summed E-state index contributed by atoms with van der Waals surface area (Å²) in [6.07, 6.45) is 6.79. The molecule has 0 amide bonds. The molecular formula is C13H16N2. The van der Waals surface area contributed by atoms with Gasteiger partial charge in [0.05, 0.1) is 24.0 Å². The van der Waals surface area contributed by atoms with Crippen LogP contribution >= 0.6 is 0 Å². The zero-order valence-corrected chi connectivity index (χ0v) is 8.95. The van der Waals surface area contributed by atoms with Gasteiger partial charge in [-0.15, -0.1) is 0 Å². The van der Waals surface area contributed by atoms with Crippen molar-refractivity contribution in [2.75, 3.05) is 0 Å². The SMILES string of the molecule is N#CC[C@]1(C#N)C[C@H]2C[C@H]1[C@H]1CCC[C@H]21. The van der Waals surface area contributed by atoms with Crippen molar-refractivity contribution in [3.05, 3.63) is 0 Å². The molecule has 3 fully saturated rings. The van der Waals surface area contributed by atoms with Crippen LogP contribution < -0.4 is 0 Å². The average molecular weight is 200 g/mol. The molecule has 0 aromatic heterocycles. The Morgan fingerprint density at radius 2 is 2.00 bits per heavy atom. The highest BCUT2D eigenvalue weighted by Crippen LogP contribution is 2.66. The molecule has 0 heterocycles. The van der Waals surface area contributed by atoms with E-state index < -0.39 is 0 Å². The predicted molar refractivity (Wildman–Crippen MR) is 55.3 cm³/mol. The molecule has 0 spiro atoms. The molecule has 3 aliphatic rings. The summed E-state index contributed by atoms with van der Waals surface area (Å²) in [4.78, 5) is 0. The van der Waals surface area contributed by atoms with Crippen LogP contribution in [0.3, 0.4) is 0 Å². The van der Waals surface area contributed by atoms with Gasteiger partial charge in [0.15, 0.2) is 0 Å². The smallest absolute Gasteiger partial charge is 0.0737 e. The molecule has 0 radical (unpaired) electrons. The van der Waals surface area contributed by atoms with Crippen LogP contribution in [0.15, 0.2) is 0 Å². The van der Waals surface area contributed by atoms with E-state index in [1.807, 2.05) is 0 Å². The first-order valence-electron chi connectivity index (χ1n) is 6.09. The second-order valence-corrected chi connectivity index (χ2v) is 5.67. The summed E-state index contributed by atoms with van der Waals surface area (Å²) in [5, 5.41) is 18.3. The molecule has 0 aromatic rings. The Labute approximate surface area is 90.9 Å². The number of hydrogen-bond donors (Lipinski definition) is 0. The molecule has 3 aliphatic carbocycles. The fourth-order valence-electron chi connectivity index (χ4n) is 4.78. The molecule has 0 N–H and O–H groups in total. The van der Waals surface area contributed by atoms with Gasteiger partial charge in [-0.3, -0.25) is 0 Å². The average Bonchev–Trinajstić information content (AvgIpc) is 2.87. The maximum Gasteiger partial charge on any atom is 0.0737 e. The molecule has 0 saturated heterocycles. The molecule has 2 nitrogen and oxygen atoms in total. The molecular weight excluding hydrogens is 184 g/mol. The first-order valence-corrected chi connectivity index (χ1v) is 6.09. The zero-order chi connectivity index (χ0) is 10.5. The molecule has 15 heavy (non-hydrogen) atoms. The van der Waals surface area contributed by atoms with E-state index in [1.165, 1.54) is 25.7 Å². The van der Waals surface area contributed by atoms with Crippen LogP contribution in [0.25, 0.3) is 0 Å². The summed E-state index contributed by atoms with van der Waals surface area (Å²) in [6.45, 7) is 0. The third-order valence-corrected chi connectivity index (χ3v) is 5.26. The quantitative estimate of drug-likeness (QED) is 0.653. The molecule has 0 aromatic carbocycles. The Kier molecular flexibility index (Phi) is 1.84. The minimum atomic E-state index is -0.259. The maximum atomic E-state index is 9.39. The second-order valence-electron chi connectivity index (χ2n) is 5.67. The molecule has 3 rings (SSSR count). The maximum absolute atomic E-state index is 9.39. The van der Waals surface area contributed by atoms with Crippen LogP contribution in [0.1, 0.15) is 38.5 Å². The van der Waals surface area contributed by atoms with Crippen molar-refractivity contribution >= 4 is 0 Å². The van der Waals surface area contributed by atoms with Crippen molar-refractivity contribution in [3.63, 3.8) is 0 Å². The summed E-state index contributed by atoms with van der Waals surface area (Å²) >= 11 is 0. The highest BCUT2D eigenvalue weighted by molar-refractivity contribution is 5.18. The molecule has 78 valence electrons. The normalized spacial score (nSPS) is 51.1. The first-order chi connectivity index (χ1) is 7.30. The standard InChI is InChI=1S/C13H16N2/c14-5-4-13(8-15)7-9-6-12(13)11-3-1-2-10(9)11/h9-12H,1-4,6-7H2/t9-,10-,11+,12+,13-/m1/s1. The van der Waals surface area contributed by atoms with Crippen molar-refractivity contribution < 1.29 is 0 Å². The summed E-state index contributed by atoms with van der Waals surface area (Å²) in [5.41, 5.74) is -0.259. The van der Waals surface area contributed by atoms with E-state index in [1.54, 1.807) is 0 Å². The van der Waals surface area contributed by atoms with Crippen molar-refractivity contribution in [2.24, 2.45) is 29.1 Å². The van der Waals surface area contributed by atoms with Crippen molar-refractivity contribution in [2.45, 2.75) is 38.5 Å².